The summed E-state index contributed by atoms with van der Waals surface area (Å²) in [6.45, 7) is 0. The maximum Gasteiger partial charge on any atom is 0.228 e. The Hall–Kier alpha value is -5.91. The van der Waals surface area contributed by atoms with Gasteiger partial charge in [0.25, 0.3) is 0 Å². The molecule has 46 heavy (non-hydrogen) atoms. The molecule has 5 heteroatoms. The molecule has 0 N–H and O–H groups in total. The van der Waals surface area contributed by atoms with E-state index in [1.165, 1.54) is 15.6 Å². The number of nitrogens with zero attached hydrogens (tertiary/aromatic N) is 3. The molecular formula is C41H25N3OS. The largest absolute Gasteiger partial charge is 0.436 e. The molecule has 0 saturated heterocycles. The first kappa shape index (κ1) is 26.5. The fraction of sp³-hybridized carbons (Fsp3) is 0. The molecule has 0 fully saturated rings. The fourth-order valence-electron chi connectivity index (χ4n) is 6.16. The molecule has 3 aromatic heterocycles. The second-order valence-corrected chi connectivity index (χ2v) is 12.3. The standard InChI is InChI=1S/C41H25N3OS/c1-3-12-26(13-4-1)28-16-9-17-29(24-28)34-25-35(43-40(42-34)27-14-5-2-6-15-27)30-18-11-23-37-38(30)31-19-10-20-32(39(31)46-37)41-44-33-21-7-8-22-36(33)45-41/h1-25H. The third kappa shape index (κ3) is 4.57. The zero-order chi connectivity index (χ0) is 30.5. The smallest absolute Gasteiger partial charge is 0.228 e. The van der Waals surface area contributed by atoms with Crippen molar-refractivity contribution in [1.29, 1.82) is 0 Å². The van der Waals surface area contributed by atoms with E-state index < -0.39 is 0 Å². The molecule has 6 aromatic carbocycles. The van der Waals surface area contributed by atoms with Crippen LogP contribution in [0.2, 0.25) is 0 Å². The van der Waals surface area contributed by atoms with E-state index in [1.807, 2.05) is 48.5 Å². The van der Waals surface area contributed by atoms with Crippen molar-refractivity contribution in [3.8, 4) is 56.5 Å². The molecule has 0 saturated carbocycles. The monoisotopic (exact) mass is 607 g/mol. The lowest BCUT2D eigenvalue weighted by Gasteiger charge is -2.11. The molecule has 0 spiro atoms. The SMILES string of the molecule is c1ccc(-c2cccc(-c3cc(-c4cccc5sc6c(-c7nc8ccccc8o7)cccc6c45)nc(-c4ccccc4)n3)c2)cc1. The van der Waals surface area contributed by atoms with Crippen molar-refractivity contribution in [3.63, 3.8) is 0 Å². The second kappa shape index (κ2) is 10.9. The summed E-state index contributed by atoms with van der Waals surface area (Å²) in [5, 5.41) is 2.32. The van der Waals surface area contributed by atoms with Crippen LogP contribution in [0.3, 0.4) is 0 Å². The fourth-order valence-corrected chi connectivity index (χ4v) is 7.39. The number of benzene rings is 6. The van der Waals surface area contributed by atoms with Gasteiger partial charge in [-0.05, 0) is 47.5 Å². The number of rotatable bonds is 5. The number of aromatic nitrogens is 3. The summed E-state index contributed by atoms with van der Waals surface area (Å²) < 4.78 is 8.55. The lowest BCUT2D eigenvalue weighted by atomic mass is 9.99. The third-order valence-corrected chi connectivity index (χ3v) is 9.55. The van der Waals surface area contributed by atoms with E-state index in [9.17, 15) is 0 Å². The van der Waals surface area contributed by atoms with E-state index in [1.54, 1.807) is 11.3 Å². The Labute approximate surface area is 269 Å². The van der Waals surface area contributed by atoms with Crippen LogP contribution < -0.4 is 0 Å². The Morgan fingerprint density at radius 1 is 0.478 bits per heavy atom. The Bertz CT molecular complexity index is 2500. The molecule has 0 aliphatic rings. The van der Waals surface area contributed by atoms with Gasteiger partial charge in [0.1, 0.15) is 5.52 Å². The van der Waals surface area contributed by atoms with Crippen molar-refractivity contribution in [1.82, 2.24) is 15.0 Å². The number of hydrogen-bond donors (Lipinski definition) is 0. The van der Waals surface area contributed by atoms with Gasteiger partial charge in [-0.25, -0.2) is 15.0 Å². The number of para-hydroxylation sites is 2. The zero-order valence-corrected chi connectivity index (χ0v) is 25.4. The molecule has 3 heterocycles. The van der Waals surface area contributed by atoms with Crippen molar-refractivity contribution >= 4 is 42.6 Å². The molecule has 0 unspecified atom stereocenters. The highest BCUT2D eigenvalue weighted by molar-refractivity contribution is 7.26. The van der Waals surface area contributed by atoms with Crippen LogP contribution in [0.15, 0.2) is 156 Å². The van der Waals surface area contributed by atoms with Gasteiger partial charge in [0, 0.05) is 36.9 Å². The van der Waals surface area contributed by atoms with Crippen LogP contribution in [0.1, 0.15) is 0 Å². The summed E-state index contributed by atoms with van der Waals surface area (Å²) in [4.78, 5) is 15.1. The molecule has 0 aliphatic carbocycles. The highest BCUT2D eigenvalue weighted by Gasteiger charge is 2.19. The maximum atomic E-state index is 6.22. The van der Waals surface area contributed by atoms with E-state index >= 15 is 0 Å². The minimum Gasteiger partial charge on any atom is -0.436 e. The Balaban J connectivity index is 1.25. The van der Waals surface area contributed by atoms with Gasteiger partial charge < -0.3 is 4.42 Å². The lowest BCUT2D eigenvalue weighted by molar-refractivity contribution is 0.621. The lowest BCUT2D eigenvalue weighted by Crippen LogP contribution is -1.96. The minimum atomic E-state index is 0.633. The van der Waals surface area contributed by atoms with Gasteiger partial charge in [0.15, 0.2) is 11.4 Å². The van der Waals surface area contributed by atoms with E-state index in [0.29, 0.717) is 11.7 Å². The average molecular weight is 608 g/mol. The van der Waals surface area contributed by atoms with E-state index in [2.05, 4.69) is 103 Å². The van der Waals surface area contributed by atoms with Gasteiger partial charge in [-0.2, -0.15) is 0 Å². The van der Waals surface area contributed by atoms with Gasteiger partial charge in [0.2, 0.25) is 5.89 Å². The normalized spacial score (nSPS) is 11.5. The van der Waals surface area contributed by atoms with Gasteiger partial charge in [0.05, 0.1) is 17.0 Å². The summed E-state index contributed by atoms with van der Waals surface area (Å²) in [7, 11) is 0. The molecule has 4 nitrogen and oxygen atoms in total. The van der Waals surface area contributed by atoms with Crippen LogP contribution in [-0.4, -0.2) is 15.0 Å². The Kier molecular flexibility index (Phi) is 6.28. The summed E-state index contributed by atoms with van der Waals surface area (Å²) in [6, 6.07) is 52.1. The minimum absolute atomic E-state index is 0.633. The molecule has 0 amide bonds. The first-order valence-electron chi connectivity index (χ1n) is 15.2. The van der Waals surface area contributed by atoms with E-state index in [0.717, 1.165) is 60.4 Å². The average Bonchev–Trinajstić information content (AvgIpc) is 3.74. The summed E-state index contributed by atoms with van der Waals surface area (Å²) in [5.74, 6) is 1.33. The highest BCUT2D eigenvalue weighted by Crippen LogP contribution is 2.44. The Morgan fingerprint density at radius 3 is 2.00 bits per heavy atom. The van der Waals surface area contributed by atoms with Gasteiger partial charge in [-0.1, -0.05) is 115 Å². The Morgan fingerprint density at radius 2 is 1.15 bits per heavy atom. The van der Waals surface area contributed by atoms with Crippen molar-refractivity contribution in [2.75, 3.05) is 0 Å². The van der Waals surface area contributed by atoms with E-state index in [4.69, 9.17) is 19.4 Å². The van der Waals surface area contributed by atoms with Crippen molar-refractivity contribution < 1.29 is 4.42 Å². The number of fused-ring (bicyclic) bond motifs is 4. The molecule has 0 aliphatic heterocycles. The molecular weight excluding hydrogens is 583 g/mol. The summed E-state index contributed by atoms with van der Waals surface area (Å²) >= 11 is 1.76. The van der Waals surface area contributed by atoms with Crippen LogP contribution in [0.25, 0.3) is 87.8 Å². The van der Waals surface area contributed by atoms with E-state index in [-0.39, 0.29) is 0 Å². The maximum absolute atomic E-state index is 6.22. The zero-order valence-electron chi connectivity index (χ0n) is 24.6. The van der Waals surface area contributed by atoms with Gasteiger partial charge in [-0.3, -0.25) is 0 Å². The molecule has 9 aromatic rings. The first-order chi connectivity index (χ1) is 22.8. The van der Waals surface area contributed by atoms with Crippen molar-refractivity contribution in [2.45, 2.75) is 0 Å². The topological polar surface area (TPSA) is 51.8 Å². The molecule has 0 radical (unpaired) electrons. The first-order valence-corrected chi connectivity index (χ1v) is 16.0. The molecule has 0 atom stereocenters. The summed E-state index contributed by atoms with van der Waals surface area (Å²) in [5.41, 5.74) is 9.81. The number of thiophene rings is 1. The van der Waals surface area contributed by atoms with Crippen molar-refractivity contribution in [3.05, 3.63) is 152 Å². The quantitative estimate of drug-likeness (QED) is 0.195. The highest BCUT2D eigenvalue weighted by atomic mass is 32.1. The number of hydrogen-bond acceptors (Lipinski definition) is 5. The predicted octanol–water partition coefficient (Wildman–Crippen LogP) is 11.3. The van der Waals surface area contributed by atoms with Crippen LogP contribution in [0, 0.1) is 0 Å². The number of oxazole rings is 1. The molecule has 0 bridgehead atoms. The van der Waals surface area contributed by atoms with Crippen LogP contribution in [-0.2, 0) is 0 Å². The molecule has 216 valence electrons. The van der Waals surface area contributed by atoms with Crippen LogP contribution in [0.5, 0.6) is 0 Å². The van der Waals surface area contributed by atoms with Gasteiger partial charge in [-0.15, -0.1) is 11.3 Å². The van der Waals surface area contributed by atoms with Gasteiger partial charge >= 0.3 is 0 Å². The third-order valence-electron chi connectivity index (χ3n) is 8.35. The predicted molar refractivity (Wildman–Crippen MR) is 190 cm³/mol. The molecule has 9 rings (SSSR count). The van der Waals surface area contributed by atoms with Crippen LogP contribution in [0.4, 0.5) is 0 Å². The summed E-state index contributed by atoms with van der Waals surface area (Å²) in [6.07, 6.45) is 0. The second-order valence-electron chi connectivity index (χ2n) is 11.2. The van der Waals surface area contributed by atoms with Crippen molar-refractivity contribution in [2.24, 2.45) is 0 Å². The van der Waals surface area contributed by atoms with Crippen LogP contribution >= 0.6 is 11.3 Å².